The summed E-state index contributed by atoms with van der Waals surface area (Å²) in [5.41, 5.74) is 3.69. The lowest BCUT2D eigenvalue weighted by atomic mass is 9.91. The summed E-state index contributed by atoms with van der Waals surface area (Å²) in [7, 11) is 0. The van der Waals surface area contributed by atoms with E-state index in [0.717, 1.165) is 21.6 Å². The van der Waals surface area contributed by atoms with Crippen LogP contribution < -0.4 is 10.2 Å². The zero-order chi connectivity index (χ0) is 21.5. The van der Waals surface area contributed by atoms with Gasteiger partial charge in [-0.1, -0.05) is 77.3 Å². The number of carbonyl (C=O) groups excluding carboxylic acids is 2. The highest BCUT2D eigenvalue weighted by Crippen LogP contribution is 2.32. The van der Waals surface area contributed by atoms with Gasteiger partial charge in [0.05, 0.1) is 5.69 Å². The second kappa shape index (κ2) is 7.78. The van der Waals surface area contributed by atoms with E-state index in [-0.39, 0.29) is 5.91 Å². The molecule has 0 bridgehead atoms. The van der Waals surface area contributed by atoms with Crippen LogP contribution in [0.3, 0.4) is 0 Å². The van der Waals surface area contributed by atoms with Crippen molar-refractivity contribution < 1.29 is 9.59 Å². The van der Waals surface area contributed by atoms with Gasteiger partial charge >= 0.3 is 6.03 Å². The molecule has 1 fully saturated rings. The molecule has 1 N–H and O–H groups in total. The molecule has 0 spiro atoms. The van der Waals surface area contributed by atoms with Gasteiger partial charge < -0.3 is 5.32 Å². The minimum absolute atomic E-state index is 0.339. The highest BCUT2D eigenvalue weighted by atomic mass is 35.5. The Morgan fingerprint density at radius 1 is 0.867 bits per heavy atom. The number of benzene rings is 3. The Morgan fingerprint density at radius 3 is 1.97 bits per heavy atom. The Bertz CT molecular complexity index is 1110. The molecule has 4 nitrogen and oxygen atoms in total. The summed E-state index contributed by atoms with van der Waals surface area (Å²) in [6, 6.07) is 20.5. The van der Waals surface area contributed by atoms with Crippen molar-refractivity contribution in [3.63, 3.8) is 0 Å². The minimum Gasteiger partial charge on any atom is -0.323 e. The van der Waals surface area contributed by atoms with Crippen molar-refractivity contribution in [3.05, 3.63) is 87.9 Å². The molecule has 1 aliphatic rings. The van der Waals surface area contributed by atoms with Crippen LogP contribution in [-0.4, -0.2) is 17.5 Å². The van der Waals surface area contributed by atoms with Crippen LogP contribution in [0, 0.1) is 6.92 Å². The molecule has 0 aliphatic carbocycles. The van der Waals surface area contributed by atoms with Gasteiger partial charge in [-0.3, -0.25) is 4.79 Å². The van der Waals surface area contributed by atoms with E-state index in [1.54, 1.807) is 25.1 Å². The summed E-state index contributed by atoms with van der Waals surface area (Å²) in [6.45, 7) is 3.79. The normalized spacial score (nSPS) is 18.6. The molecule has 3 aromatic carbocycles. The van der Waals surface area contributed by atoms with Crippen LogP contribution in [0.1, 0.15) is 18.1 Å². The average molecular weight is 439 g/mol. The van der Waals surface area contributed by atoms with Crippen LogP contribution in [0.25, 0.3) is 11.1 Å². The van der Waals surface area contributed by atoms with Crippen molar-refractivity contribution in [3.8, 4) is 11.1 Å². The Hall–Kier alpha value is -2.82. The van der Waals surface area contributed by atoms with E-state index in [1.165, 1.54) is 5.56 Å². The quantitative estimate of drug-likeness (QED) is 0.505. The maximum Gasteiger partial charge on any atom is 0.329 e. The van der Waals surface area contributed by atoms with Gasteiger partial charge in [0.2, 0.25) is 0 Å². The molecular weight excluding hydrogens is 419 g/mol. The van der Waals surface area contributed by atoms with E-state index in [0.29, 0.717) is 22.2 Å². The number of urea groups is 1. The lowest BCUT2D eigenvalue weighted by Crippen LogP contribution is -2.46. The van der Waals surface area contributed by atoms with Gasteiger partial charge in [0.15, 0.2) is 0 Å². The number of aryl methyl sites for hydroxylation is 1. The number of halogens is 2. The van der Waals surface area contributed by atoms with E-state index in [1.807, 2.05) is 24.3 Å². The van der Waals surface area contributed by atoms with Gasteiger partial charge in [-0.25, -0.2) is 9.69 Å². The summed E-state index contributed by atoms with van der Waals surface area (Å²) >= 11 is 12.1. The van der Waals surface area contributed by atoms with Gasteiger partial charge in [0.25, 0.3) is 5.91 Å². The summed E-state index contributed by atoms with van der Waals surface area (Å²) in [5.74, 6) is -0.339. The topological polar surface area (TPSA) is 49.4 Å². The first-order valence-electron chi connectivity index (χ1n) is 9.54. The molecule has 1 saturated heterocycles. The van der Waals surface area contributed by atoms with Crippen LogP contribution in [0.15, 0.2) is 66.7 Å². The molecule has 1 heterocycles. The van der Waals surface area contributed by atoms with Crippen molar-refractivity contribution in [2.45, 2.75) is 25.8 Å². The molecule has 30 heavy (non-hydrogen) atoms. The fourth-order valence-electron chi connectivity index (χ4n) is 3.68. The number of hydrogen-bond acceptors (Lipinski definition) is 2. The first kappa shape index (κ1) is 20.5. The summed E-state index contributed by atoms with van der Waals surface area (Å²) in [5, 5.41) is 3.54. The summed E-state index contributed by atoms with van der Waals surface area (Å²) in [4.78, 5) is 26.8. The molecule has 152 valence electrons. The molecule has 3 amide bonds. The Kier molecular flexibility index (Phi) is 5.31. The Labute approximate surface area is 185 Å². The molecule has 6 heteroatoms. The molecule has 1 aliphatic heterocycles. The average Bonchev–Trinajstić information content (AvgIpc) is 2.90. The zero-order valence-corrected chi connectivity index (χ0v) is 18.1. The SMILES string of the molecule is Cc1ccc(-c2ccc(CC3(C)NC(=O)N(c4cc(Cl)cc(Cl)c4)C3=O)cc2)cc1. The number of nitrogens with zero attached hydrogens (tertiary/aromatic N) is 1. The molecule has 0 radical (unpaired) electrons. The van der Waals surface area contributed by atoms with E-state index in [4.69, 9.17) is 23.2 Å². The first-order valence-corrected chi connectivity index (χ1v) is 10.3. The van der Waals surface area contributed by atoms with Gasteiger partial charge in [-0.05, 0) is 48.7 Å². The number of amides is 3. The van der Waals surface area contributed by atoms with Crippen LogP contribution in [-0.2, 0) is 11.2 Å². The van der Waals surface area contributed by atoms with E-state index in [9.17, 15) is 9.59 Å². The van der Waals surface area contributed by atoms with E-state index in [2.05, 4.69) is 36.5 Å². The standard InChI is InChI=1S/C24H20Cl2N2O2/c1-15-3-7-17(8-4-15)18-9-5-16(6-10-18)14-24(2)22(29)28(23(30)27-24)21-12-19(25)11-20(26)13-21/h3-13H,14H2,1-2H3,(H,27,30). The number of carbonyl (C=O) groups is 2. The first-order chi connectivity index (χ1) is 14.2. The van der Waals surface area contributed by atoms with Gasteiger partial charge in [0.1, 0.15) is 5.54 Å². The van der Waals surface area contributed by atoms with Gasteiger partial charge in [-0.2, -0.15) is 0 Å². The van der Waals surface area contributed by atoms with Crippen LogP contribution in [0.2, 0.25) is 10.0 Å². The lowest BCUT2D eigenvalue weighted by Gasteiger charge is -2.22. The van der Waals surface area contributed by atoms with Crippen molar-refractivity contribution >= 4 is 40.8 Å². The number of rotatable bonds is 4. The van der Waals surface area contributed by atoms with Crippen molar-refractivity contribution in [2.24, 2.45) is 0 Å². The van der Waals surface area contributed by atoms with Crippen LogP contribution in [0.4, 0.5) is 10.5 Å². The van der Waals surface area contributed by atoms with E-state index >= 15 is 0 Å². The lowest BCUT2D eigenvalue weighted by molar-refractivity contribution is -0.121. The zero-order valence-electron chi connectivity index (χ0n) is 16.6. The molecule has 0 saturated carbocycles. The van der Waals surface area contributed by atoms with Gasteiger partial charge in [-0.15, -0.1) is 0 Å². The van der Waals surface area contributed by atoms with Crippen molar-refractivity contribution in [1.82, 2.24) is 5.32 Å². The molecule has 4 rings (SSSR count). The predicted octanol–water partition coefficient (Wildman–Crippen LogP) is 6.03. The van der Waals surface area contributed by atoms with E-state index < -0.39 is 11.6 Å². The number of nitrogens with one attached hydrogen (secondary N) is 1. The summed E-state index contributed by atoms with van der Waals surface area (Å²) < 4.78 is 0. The smallest absolute Gasteiger partial charge is 0.323 e. The third kappa shape index (κ3) is 3.93. The van der Waals surface area contributed by atoms with Gasteiger partial charge in [0, 0.05) is 16.5 Å². The summed E-state index contributed by atoms with van der Waals surface area (Å²) in [6.07, 6.45) is 0.372. The Balaban J connectivity index is 1.56. The maximum absolute atomic E-state index is 13.1. The molecular formula is C24H20Cl2N2O2. The largest absolute Gasteiger partial charge is 0.329 e. The number of anilines is 1. The van der Waals surface area contributed by atoms with Crippen molar-refractivity contribution in [1.29, 1.82) is 0 Å². The van der Waals surface area contributed by atoms with Crippen LogP contribution in [0.5, 0.6) is 0 Å². The molecule has 1 atom stereocenters. The molecule has 1 unspecified atom stereocenters. The number of hydrogen-bond donors (Lipinski definition) is 1. The Morgan fingerprint density at radius 2 is 1.40 bits per heavy atom. The second-order valence-corrected chi connectivity index (χ2v) is 8.64. The fraction of sp³-hybridized carbons (Fsp3) is 0.167. The predicted molar refractivity (Wildman–Crippen MR) is 121 cm³/mol. The molecule has 0 aromatic heterocycles. The minimum atomic E-state index is -1.06. The van der Waals surface area contributed by atoms with Crippen LogP contribution >= 0.6 is 23.2 Å². The highest BCUT2D eigenvalue weighted by molar-refractivity contribution is 6.35. The van der Waals surface area contributed by atoms with Crippen molar-refractivity contribution in [2.75, 3.05) is 4.90 Å². The molecule has 3 aromatic rings. The third-order valence-corrected chi connectivity index (χ3v) is 5.70. The fourth-order valence-corrected chi connectivity index (χ4v) is 4.19. The second-order valence-electron chi connectivity index (χ2n) is 7.77. The maximum atomic E-state index is 13.1. The monoisotopic (exact) mass is 438 g/mol. The number of imide groups is 1. The third-order valence-electron chi connectivity index (χ3n) is 5.26. The highest BCUT2D eigenvalue weighted by Gasteiger charge is 2.48.